The fraction of sp³-hybridized carbons (Fsp3) is 0.333. The Morgan fingerprint density at radius 2 is 2.36 bits per heavy atom. The van der Waals surface area contributed by atoms with Crippen LogP contribution in [-0.4, -0.2) is 16.9 Å². The lowest BCUT2D eigenvalue weighted by molar-refractivity contribution is -0.117. The largest absolute Gasteiger partial charge is 0.322 e. The average molecular weight is 258 g/mol. The third-order valence-corrected chi connectivity index (χ3v) is 2.28. The van der Waals surface area contributed by atoms with Crippen LogP contribution < -0.4 is 11.1 Å². The summed E-state index contributed by atoms with van der Waals surface area (Å²) in [7, 11) is 0. The van der Waals surface area contributed by atoms with Crippen LogP contribution in [0.2, 0.25) is 0 Å². The molecule has 0 aliphatic carbocycles. The third-order valence-electron chi connectivity index (χ3n) is 1.65. The van der Waals surface area contributed by atoms with Crippen LogP contribution in [0.4, 0.5) is 5.69 Å². The fourth-order valence-corrected chi connectivity index (χ4v) is 1.20. The predicted molar refractivity (Wildman–Crippen MR) is 59.0 cm³/mol. The normalized spacial score (nSPS) is 12.3. The molecule has 1 atom stereocenters. The van der Waals surface area contributed by atoms with Crippen LogP contribution >= 0.6 is 15.9 Å². The molecule has 0 radical (unpaired) electrons. The lowest BCUT2D eigenvalue weighted by atomic mass is 10.3. The van der Waals surface area contributed by atoms with Gasteiger partial charge in [-0.15, -0.1) is 0 Å². The van der Waals surface area contributed by atoms with Crippen molar-refractivity contribution in [1.82, 2.24) is 4.98 Å². The number of halogens is 1. The number of aromatic nitrogens is 1. The summed E-state index contributed by atoms with van der Waals surface area (Å²) < 4.78 is 0.608. The van der Waals surface area contributed by atoms with Gasteiger partial charge in [0.1, 0.15) is 4.60 Å². The number of nitrogens with zero attached hydrogens (tertiary/aromatic N) is 1. The Morgan fingerprint density at radius 3 is 2.93 bits per heavy atom. The van der Waals surface area contributed by atoms with Gasteiger partial charge in [-0.3, -0.25) is 4.79 Å². The van der Waals surface area contributed by atoms with Gasteiger partial charge in [0.15, 0.2) is 0 Å². The van der Waals surface area contributed by atoms with Crippen LogP contribution in [0.15, 0.2) is 16.9 Å². The number of carbonyl (C=O) groups is 1. The van der Waals surface area contributed by atoms with E-state index < -0.39 is 6.04 Å². The van der Waals surface area contributed by atoms with Gasteiger partial charge >= 0.3 is 0 Å². The van der Waals surface area contributed by atoms with E-state index >= 15 is 0 Å². The van der Waals surface area contributed by atoms with E-state index in [4.69, 9.17) is 5.73 Å². The van der Waals surface area contributed by atoms with Crippen molar-refractivity contribution in [2.45, 2.75) is 19.9 Å². The van der Waals surface area contributed by atoms with Crippen molar-refractivity contribution in [3.05, 3.63) is 22.4 Å². The molecule has 0 saturated heterocycles. The Hall–Kier alpha value is -0.940. The van der Waals surface area contributed by atoms with Gasteiger partial charge in [-0.25, -0.2) is 4.98 Å². The maximum Gasteiger partial charge on any atom is 0.241 e. The molecular weight excluding hydrogens is 246 g/mol. The summed E-state index contributed by atoms with van der Waals surface area (Å²) >= 11 is 3.24. The van der Waals surface area contributed by atoms with Gasteiger partial charge < -0.3 is 11.1 Å². The number of aryl methyl sites for hydroxylation is 1. The standard InChI is InChI=1S/C9H12BrN3O/c1-5-3-7(8(10)12-4-5)13-9(14)6(2)11/h3-4,6H,11H2,1-2H3,(H,13,14)/t6-/m1/s1. The minimum atomic E-state index is -0.526. The second-order valence-corrected chi connectivity index (χ2v) is 3.88. The maximum absolute atomic E-state index is 11.3. The maximum atomic E-state index is 11.3. The zero-order chi connectivity index (χ0) is 10.7. The molecule has 0 aromatic carbocycles. The molecule has 0 aliphatic heterocycles. The van der Waals surface area contributed by atoms with Crippen molar-refractivity contribution >= 4 is 27.5 Å². The molecule has 1 heterocycles. The molecular formula is C9H12BrN3O. The molecule has 1 amide bonds. The van der Waals surface area contributed by atoms with Crippen LogP contribution in [0.3, 0.4) is 0 Å². The second kappa shape index (κ2) is 4.52. The number of rotatable bonds is 2. The van der Waals surface area contributed by atoms with Crippen molar-refractivity contribution in [2.24, 2.45) is 5.73 Å². The zero-order valence-corrected chi connectivity index (χ0v) is 9.63. The van der Waals surface area contributed by atoms with E-state index in [-0.39, 0.29) is 5.91 Å². The summed E-state index contributed by atoms with van der Waals surface area (Å²) in [6.07, 6.45) is 1.71. The average Bonchev–Trinajstić information content (AvgIpc) is 2.11. The Labute approximate surface area is 91.0 Å². The minimum absolute atomic E-state index is 0.224. The van der Waals surface area contributed by atoms with Crippen LogP contribution in [0.25, 0.3) is 0 Å². The Balaban J connectivity index is 2.86. The van der Waals surface area contributed by atoms with Crippen molar-refractivity contribution in [3.8, 4) is 0 Å². The molecule has 0 saturated carbocycles. The Kier molecular flexibility index (Phi) is 3.60. The quantitative estimate of drug-likeness (QED) is 0.788. The van der Waals surface area contributed by atoms with Gasteiger partial charge in [0.25, 0.3) is 0 Å². The van der Waals surface area contributed by atoms with E-state index in [1.54, 1.807) is 13.1 Å². The SMILES string of the molecule is Cc1cnc(Br)c(NC(=O)[C@@H](C)N)c1. The minimum Gasteiger partial charge on any atom is -0.322 e. The van der Waals surface area contributed by atoms with E-state index in [9.17, 15) is 4.79 Å². The van der Waals surface area contributed by atoms with Gasteiger partial charge in [-0.1, -0.05) is 0 Å². The molecule has 4 nitrogen and oxygen atoms in total. The summed E-state index contributed by atoms with van der Waals surface area (Å²) in [5, 5.41) is 2.68. The molecule has 14 heavy (non-hydrogen) atoms. The molecule has 0 spiro atoms. The molecule has 1 aromatic rings. The molecule has 1 aromatic heterocycles. The van der Waals surface area contributed by atoms with E-state index in [1.807, 2.05) is 13.0 Å². The van der Waals surface area contributed by atoms with E-state index in [0.717, 1.165) is 5.56 Å². The molecule has 76 valence electrons. The lowest BCUT2D eigenvalue weighted by Gasteiger charge is -2.09. The van der Waals surface area contributed by atoms with Crippen LogP contribution in [0.1, 0.15) is 12.5 Å². The molecule has 0 aliphatic rings. The number of pyridine rings is 1. The molecule has 0 bridgehead atoms. The van der Waals surface area contributed by atoms with Gasteiger partial charge in [-0.05, 0) is 41.4 Å². The van der Waals surface area contributed by atoms with Crippen LogP contribution in [0.5, 0.6) is 0 Å². The summed E-state index contributed by atoms with van der Waals surface area (Å²) in [5.41, 5.74) is 7.05. The van der Waals surface area contributed by atoms with Crippen molar-refractivity contribution < 1.29 is 4.79 Å². The molecule has 5 heteroatoms. The zero-order valence-electron chi connectivity index (χ0n) is 8.04. The summed E-state index contributed by atoms with van der Waals surface area (Å²) in [4.78, 5) is 15.3. The smallest absolute Gasteiger partial charge is 0.241 e. The number of hydrogen-bond acceptors (Lipinski definition) is 3. The number of amides is 1. The predicted octanol–water partition coefficient (Wildman–Crippen LogP) is 1.44. The monoisotopic (exact) mass is 257 g/mol. The highest BCUT2D eigenvalue weighted by molar-refractivity contribution is 9.10. The highest BCUT2D eigenvalue weighted by Crippen LogP contribution is 2.20. The van der Waals surface area contributed by atoms with E-state index in [2.05, 4.69) is 26.2 Å². The first-order chi connectivity index (χ1) is 6.50. The number of hydrogen-bond donors (Lipinski definition) is 2. The number of nitrogens with one attached hydrogen (secondary N) is 1. The third kappa shape index (κ3) is 2.78. The summed E-state index contributed by atoms with van der Waals surface area (Å²) in [5.74, 6) is -0.224. The highest BCUT2D eigenvalue weighted by Gasteiger charge is 2.09. The molecule has 0 unspecified atom stereocenters. The highest BCUT2D eigenvalue weighted by atomic mass is 79.9. The topological polar surface area (TPSA) is 68.0 Å². The van der Waals surface area contributed by atoms with Gasteiger partial charge in [-0.2, -0.15) is 0 Å². The van der Waals surface area contributed by atoms with Gasteiger partial charge in [0.2, 0.25) is 5.91 Å². The van der Waals surface area contributed by atoms with E-state index in [1.165, 1.54) is 0 Å². The van der Waals surface area contributed by atoms with E-state index in [0.29, 0.717) is 10.3 Å². The second-order valence-electron chi connectivity index (χ2n) is 3.13. The van der Waals surface area contributed by atoms with Gasteiger partial charge in [0, 0.05) is 6.20 Å². The summed E-state index contributed by atoms with van der Waals surface area (Å²) in [6.45, 7) is 3.54. The number of nitrogens with two attached hydrogens (primary N) is 1. The summed E-state index contributed by atoms with van der Waals surface area (Å²) in [6, 6.07) is 1.31. The molecule has 1 rings (SSSR count). The molecule has 3 N–H and O–H groups in total. The van der Waals surface area contributed by atoms with Crippen molar-refractivity contribution in [1.29, 1.82) is 0 Å². The Morgan fingerprint density at radius 1 is 1.71 bits per heavy atom. The number of anilines is 1. The van der Waals surface area contributed by atoms with Crippen molar-refractivity contribution in [2.75, 3.05) is 5.32 Å². The number of carbonyl (C=O) groups excluding carboxylic acids is 1. The first-order valence-corrected chi connectivity index (χ1v) is 4.98. The first-order valence-electron chi connectivity index (χ1n) is 4.19. The van der Waals surface area contributed by atoms with Crippen LogP contribution in [0, 0.1) is 6.92 Å². The lowest BCUT2D eigenvalue weighted by Crippen LogP contribution is -2.32. The Bertz CT molecular complexity index is 352. The fourth-order valence-electron chi connectivity index (χ4n) is 0.887. The van der Waals surface area contributed by atoms with Gasteiger partial charge in [0.05, 0.1) is 11.7 Å². The van der Waals surface area contributed by atoms with Crippen molar-refractivity contribution in [3.63, 3.8) is 0 Å². The first kappa shape index (κ1) is 11.1. The van der Waals surface area contributed by atoms with Crippen LogP contribution in [-0.2, 0) is 4.79 Å². The molecule has 0 fully saturated rings.